The zero-order chi connectivity index (χ0) is 14.2. The summed E-state index contributed by atoms with van der Waals surface area (Å²) < 4.78 is 0. The second-order valence-electron chi connectivity index (χ2n) is 6.02. The van der Waals surface area contributed by atoms with Crippen molar-refractivity contribution in [3.8, 4) is 0 Å². The molecule has 2 aromatic carbocycles. The molecule has 2 nitrogen and oxygen atoms in total. The zero-order valence-corrected chi connectivity index (χ0v) is 12.3. The van der Waals surface area contributed by atoms with E-state index in [1.165, 1.54) is 52.7 Å². The molecule has 3 aromatic rings. The standard InChI is InChI=1S/C19H20N2/c1-13-10-11-17-16(12-13)15-8-5-9-18(19(15)21-17)20-14-6-3-2-4-7-14/h2-4,6-7,10-12,18,20-21H,5,8-9H2,1H3. The molecule has 0 saturated carbocycles. The Kier molecular flexibility index (Phi) is 2.95. The molecule has 2 heteroatoms. The van der Waals surface area contributed by atoms with Crippen LogP contribution >= 0.6 is 0 Å². The van der Waals surface area contributed by atoms with Gasteiger partial charge in [0, 0.05) is 22.3 Å². The van der Waals surface area contributed by atoms with Crippen LogP contribution in [0.25, 0.3) is 10.9 Å². The second-order valence-corrected chi connectivity index (χ2v) is 6.02. The molecule has 21 heavy (non-hydrogen) atoms. The highest BCUT2D eigenvalue weighted by atomic mass is 15.0. The largest absolute Gasteiger partial charge is 0.377 e. The van der Waals surface area contributed by atoms with Gasteiger partial charge >= 0.3 is 0 Å². The van der Waals surface area contributed by atoms with E-state index in [-0.39, 0.29) is 0 Å². The fraction of sp³-hybridized carbons (Fsp3) is 0.263. The average Bonchev–Trinajstić information content (AvgIpc) is 2.88. The van der Waals surface area contributed by atoms with E-state index in [1.807, 2.05) is 0 Å². The smallest absolute Gasteiger partial charge is 0.0666 e. The molecule has 0 saturated heterocycles. The fourth-order valence-corrected chi connectivity index (χ4v) is 3.46. The summed E-state index contributed by atoms with van der Waals surface area (Å²) in [6, 6.07) is 17.6. The van der Waals surface area contributed by atoms with E-state index in [4.69, 9.17) is 0 Å². The van der Waals surface area contributed by atoms with Gasteiger partial charge in [0.15, 0.2) is 0 Å². The van der Waals surface area contributed by atoms with Gasteiger partial charge in [0.25, 0.3) is 0 Å². The molecule has 1 aliphatic rings. The SMILES string of the molecule is Cc1ccc2[nH]c3c(c2c1)CCCC3Nc1ccccc1. The topological polar surface area (TPSA) is 27.8 Å². The third-order valence-electron chi connectivity index (χ3n) is 4.48. The van der Waals surface area contributed by atoms with Crippen LogP contribution in [0.3, 0.4) is 0 Å². The summed E-state index contributed by atoms with van der Waals surface area (Å²) >= 11 is 0. The minimum Gasteiger partial charge on any atom is -0.377 e. The highest BCUT2D eigenvalue weighted by Crippen LogP contribution is 2.36. The molecular weight excluding hydrogens is 256 g/mol. The van der Waals surface area contributed by atoms with E-state index in [1.54, 1.807) is 0 Å². The molecular formula is C19H20N2. The number of rotatable bonds is 2. The Balaban J connectivity index is 1.76. The number of aryl methyl sites for hydroxylation is 2. The van der Waals surface area contributed by atoms with Gasteiger partial charge in [-0.15, -0.1) is 0 Å². The first-order chi connectivity index (χ1) is 10.3. The Morgan fingerprint density at radius 2 is 1.95 bits per heavy atom. The first-order valence-corrected chi connectivity index (χ1v) is 7.74. The Morgan fingerprint density at radius 3 is 2.81 bits per heavy atom. The fourth-order valence-electron chi connectivity index (χ4n) is 3.46. The van der Waals surface area contributed by atoms with Crippen molar-refractivity contribution in [2.45, 2.75) is 32.2 Å². The molecule has 1 unspecified atom stereocenters. The van der Waals surface area contributed by atoms with Gasteiger partial charge in [0.2, 0.25) is 0 Å². The predicted molar refractivity (Wildman–Crippen MR) is 88.8 cm³/mol. The number of aromatic amines is 1. The number of anilines is 1. The number of benzene rings is 2. The summed E-state index contributed by atoms with van der Waals surface area (Å²) in [7, 11) is 0. The molecule has 0 spiro atoms. The van der Waals surface area contributed by atoms with Crippen molar-refractivity contribution in [1.82, 2.24) is 4.98 Å². The van der Waals surface area contributed by atoms with Crippen LogP contribution in [0.1, 0.15) is 35.7 Å². The molecule has 0 fully saturated rings. The number of nitrogens with one attached hydrogen (secondary N) is 2. The Morgan fingerprint density at radius 1 is 1.10 bits per heavy atom. The van der Waals surface area contributed by atoms with Crippen LogP contribution in [-0.4, -0.2) is 4.98 Å². The summed E-state index contributed by atoms with van der Waals surface area (Å²) in [4.78, 5) is 3.65. The Hall–Kier alpha value is -2.22. The lowest BCUT2D eigenvalue weighted by atomic mass is 9.91. The van der Waals surface area contributed by atoms with Crippen molar-refractivity contribution >= 4 is 16.6 Å². The molecule has 106 valence electrons. The summed E-state index contributed by atoms with van der Waals surface area (Å²) in [5, 5.41) is 5.09. The summed E-state index contributed by atoms with van der Waals surface area (Å²) in [6.07, 6.45) is 3.62. The van der Waals surface area contributed by atoms with Gasteiger partial charge in [-0.1, -0.05) is 29.8 Å². The minimum atomic E-state index is 0.392. The third-order valence-corrected chi connectivity index (χ3v) is 4.48. The lowest BCUT2D eigenvalue weighted by molar-refractivity contribution is 0.593. The van der Waals surface area contributed by atoms with Crippen LogP contribution in [0.5, 0.6) is 0 Å². The lowest BCUT2D eigenvalue weighted by Crippen LogP contribution is -2.17. The van der Waals surface area contributed by atoms with E-state index in [0.717, 1.165) is 0 Å². The molecule has 0 aliphatic heterocycles. The normalized spacial score (nSPS) is 17.7. The van der Waals surface area contributed by atoms with Crippen LogP contribution in [0.2, 0.25) is 0 Å². The van der Waals surface area contributed by atoms with E-state index in [0.29, 0.717) is 6.04 Å². The monoisotopic (exact) mass is 276 g/mol. The van der Waals surface area contributed by atoms with Crippen LogP contribution in [0.4, 0.5) is 5.69 Å². The number of hydrogen-bond acceptors (Lipinski definition) is 1. The molecule has 1 atom stereocenters. The van der Waals surface area contributed by atoms with Crippen LogP contribution in [-0.2, 0) is 6.42 Å². The van der Waals surface area contributed by atoms with E-state index in [2.05, 4.69) is 65.8 Å². The van der Waals surface area contributed by atoms with Gasteiger partial charge in [-0.05, 0) is 56.0 Å². The quantitative estimate of drug-likeness (QED) is 0.680. The van der Waals surface area contributed by atoms with Gasteiger partial charge in [-0.25, -0.2) is 0 Å². The number of para-hydroxylation sites is 1. The highest BCUT2D eigenvalue weighted by Gasteiger charge is 2.24. The maximum atomic E-state index is 3.68. The van der Waals surface area contributed by atoms with Crippen molar-refractivity contribution in [2.75, 3.05) is 5.32 Å². The van der Waals surface area contributed by atoms with Crippen molar-refractivity contribution in [2.24, 2.45) is 0 Å². The number of hydrogen-bond donors (Lipinski definition) is 2. The van der Waals surface area contributed by atoms with Gasteiger partial charge in [0.1, 0.15) is 0 Å². The van der Waals surface area contributed by atoms with Gasteiger partial charge in [-0.2, -0.15) is 0 Å². The lowest BCUT2D eigenvalue weighted by Gasteiger charge is -2.24. The van der Waals surface area contributed by atoms with Gasteiger partial charge in [0.05, 0.1) is 6.04 Å². The summed E-state index contributed by atoms with van der Waals surface area (Å²) in [5.41, 5.74) is 6.69. The average molecular weight is 276 g/mol. The van der Waals surface area contributed by atoms with E-state index >= 15 is 0 Å². The number of aromatic nitrogens is 1. The third kappa shape index (κ3) is 2.21. The highest BCUT2D eigenvalue weighted by molar-refractivity contribution is 5.86. The van der Waals surface area contributed by atoms with Crippen molar-refractivity contribution in [3.63, 3.8) is 0 Å². The maximum Gasteiger partial charge on any atom is 0.0666 e. The van der Waals surface area contributed by atoms with Crippen LogP contribution in [0, 0.1) is 6.92 Å². The first-order valence-electron chi connectivity index (χ1n) is 7.74. The van der Waals surface area contributed by atoms with Crippen molar-refractivity contribution in [3.05, 3.63) is 65.4 Å². The molecule has 1 aromatic heterocycles. The first kappa shape index (κ1) is 12.5. The maximum absolute atomic E-state index is 3.68. The van der Waals surface area contributed by atoms with Gasteiger partial charge < -0.3 is 10.3 Å². The Bertz CT molecular complexity index is 771. The van der Waals surface area contributed by atoms with Crippen molar-refractivity contribution in [1.29, 1.82) is 0 Å². The van der Waals surface area contributed by atoms with Crippen LogP contribution < -0.4 is 5.32 Å². The minimum absolute atomic E-state index is 0.392. The Labute approximate surface area is 125 Å². The molecule has 0 amide bonds. The second kappa shape index (κ2) is 4.96. The molecule has 2 N–H and O–H groups in total. The summed E-state index contributed by atoms with van der Waals surface area (Å²) in [6.45, 7) is 2.17. The molecule has 1 heterocycles. The molecule has 0 radical (unpaired) electrons. The number of fused-ring (bicyclic) bond motifs is 3. The van der Waals surface area contributed by atoms with Crippen molar-refractivity contribution < 1.29 is 0 Å². The molecule has 0 bridgehead atoms. The predicted octanol–water partition coefficient (Wildman–Crippen LogP) is 4.97. The van der Waals surface area contributed by atoms with E-state index in [9.17, 15) is 0 Å². The van der Waals surface area contributed by atoms with Crippen LogP contribution in [0.15, 0.2) is 48.5 Å². The summed E-state index contributed by atoms with van der Waals surface area (Å²) in [5.74, 6) is 0. The molecule has 4 rings (SSSR count). The van der Waals surface area contributed by atoms with E-state index < -0.39 is 0 Å². The molecule has 1 aliphatic carbocycles. The number of H-pyrrole nitrogens is 1. The zero-order valence-electron chi connectivity index (χ0n) is 12.3. The van der Waals surface area contributed by atoms with Gasteiger partial charge in [-0.3, -0.25) is 0 Å².